The number of hydrogen-bond acceptors (Lipinski definition) is 7. The number of benzene rings is 2. The van der Waals surface area contributed by atoms with Gasteiger partial charge in [0.1, 0.15) is 17.4 Å². The summed E-state index contributed by atoms with van der Waals surface area (Å²) in [5, 5.41) is 3.27. The Morgan fingerprint density at radius 3 is 2.42 bits per heavy atom. The number of sulfonamides is 1. The normalized spacial score (nSPS) is 14.8. The predicted molar refractivity (Wildman–Crippen MR) is 126 cm³/mol. The molecule has 1 fully saturated rings. The van der Waals surface area contributed by atoms with Crippen LogP contribution in [-0.2, 0) is 15.8 Å². The van der Waals surface area contributed by atoms with E-state index in [1.807, 2.05) is 42.2 Å². The quantitative estimate of drug-likeness (QED) is 0.566. The van der Waals surface area contributed by atoms with Gasteiger partial charge in [0.25, 0.3) is 0 Å². The molecule has 3 aromatic rings. The molecule has 8 nitrogen and oxygen atoms in total. The van der Waals surface area contributed by atoms with Crippen molar-refractivity contribution in [2.75, 3.05) is 43.5 Å². The number of nitrogens with one attached hydrogen (secondary N) is 1. The number of nitrogens with zero attached hydrogens (tertiary/aromatic N) is 4. The van der Waals surface area contributed by atoms with Crippen LogP contribution in [0.25, 0.3) is 0 Å². The molecule has 0 spiro atoms. The van der Waals surface area contributed by atoms with Crippen LogP contribution in [0.4, 0.5) is 21.8 Å². The van der Waals surface area contributed by atoms with Crippen molar-refractivity contribution in [3.05, 3.63) is 71.7 Å². The monoisotopic (exact) mass is 471 g/mol. The predicted octanol–water partition coefficient (Wildman–Crippen LogP) is 3.33. The van der Waals surface area contributed by atoms with Crippen LogP contribution in [-0.4, -0.2) is 56.0 Å². The van der Waals surface area contributed by atoms with E-state index in [4.69, 9.17) is 4.74 Å². The number of ether oxygens (including phenoxy) is 1. The van der Waals surface area contributed by atoms with E-state index in [0.717, 1.165) is 17.1 Å². The highest BCUT2D eigenvalue weighted by Crippen LogP contribution is 2.22. The molecular formula is C23H26FN5O3S. The van der Waals surface area contributed by atoms with Crippen molar-refractivity contribution in [3.63, 3.8) is 0 Å². The maximum Gasteiger partial charge on any atom is 0.227 e. The van der Waals surface area contributed by atoms with Gasteiger partial charge in [-0.25, -0.2) is 17.8 Å². The Morgan fingerprint density at radius 1 is 1.03 bits per heavy atom. The largest absolute Gasteiger partial charge is 0.497 e. The topological polar surface area (TPSA) is 87.7 Å². The molecule has 1 aliphatic rings. The number of rotatable bonds is 7. The van der Waals surface area contributed by atoms with Crippen molar-refractivity contribution >= 4 is 27.5 Å². The van der Waals surface area contributed by atoms with Gasteiger partial charge in [-0.05, 0) is 48.9 Å². The zero-order valence-electron chi connectivity index (χ0n) is 18.5. The van der Waals surface area contributed by atoms with E-state index < -0.39 is 15.8 Å². The van der Waals surface area contributed by atoms with Crippen LogP contribution in [0, 0.1) is 12.7 Å². The number of aryl methyl sites for hydroxylation is 1. The minimum absolute atomic E-state index is 0.221. The molecule has 0 amide bonds. The molecule has 0 aliphatic carbocycles. The van der Waals surface area contributed by atoms with Crippen LogP contribution in [0.2, 0.25) is 0 Å². The minimum atomic E-state index is -3.54. The minimum Gasteiger partial charge on any atom is -0.497 e. The van der Waals surface area contributed by atoms with Crippen LogP contribution < -0.4 is 15.0 Å². The fourth-order valence-corrected chi connectivity index (χ4v) is 5.18. The lowest BCUT2D eigenvalue weighted by molar-refractivity contribution is 0.382. The highest BCUT2D eigenvalue weighted by Gasteiger charge is 2.28. The Labute approximate surface area is 193 Å². The van der Waals surface area contributed by atoms with E-state index in [2.05, 4.69) is 15.3 Å². The van der Waals surface area contributed by atoms with Gasteiger partial charge in [0.05, 0.1) is 12.9 Å². The highest BCUT2D eigenvalue weighted by molar-refractivity contribution is 7.88. The standard InChI is InChI=1S/C23H26FN5O3S/c1-17-14-22(26-20-6-8-21(32-2)9-7-20)27-23(25-17)28-10-12-29(13-11-28)33(30,31)16-18-4-3-5-19(24)15-18/h3-9,14-15H,10-13,16H2,1-2H3,(H,25,26,27). The fraction of sp³-hybridized carbons (Fsp3) is 0.304. The zero-order valence-corrected chi connectivity index (χ0v) is 19.3. The van der Waals surface area contributed by atoms with Gasteiger partial charge >= 0.3 is 0 Å². The second-order valence-electron chi connectivity index (χ2n) is 7.82. The Morgan fingerprint density at radius 2 is 1.76 bits per heavy atom. The zero-order chi connectivity index (χ0) is 23.4. The lowest BCUT2D eigenvalue weighted by Gasteiger charge is -2.34. The lowest BCUT2D eigenvalue weighted by Crippen LogP contribution is -2.49. The second-order valence-corrected chi connectivity index (χ2v) is 9.79. The molecule has 4 rings (SSSR count). The number of hydrogen-bond donors (Lipinski definition) is 1. The van der Waals surface area contributed by atoms with Crippen molar-refractivity contribution in [1.82, 2.24) is 14.3 Å². The van der Waals surface area contributed by atoms with E-state index in [-0.39, 0.29) is 5.75 Å². The summed E-state index contributed by atoms with van der Waals surface area (Å²) in [7, 11) is -1.92. The molecule has 0 atom stereocenters. The summed E-state index contributed by atoms with van der Waals surface area (Å²) in [5.74, 6) is 1.31. The first-order valence-electron chi connectivity index (χ1n) is 10.6. The molecule has 10 heteroatoms. The van der Waals surface area contributed by atoms with Crippen LogP contribution in [0.3, 0.4) is 0 Å². The Kier molecular flexibility index (Phi) is 6.75. The summed E-state index contributed by atoms with van der Waals surface area (Å²) in [6, 6.07) is 15.1. The number of methoxy groups -OCH3 is 1. The van der Waals surface area contributed by atoms with Crippen molar-refractivity contribution < 1.29 is 17.5 Å². The van der Waals surface area contributed by atoms with Gasteiger partial charge < -0.3 is 15.0 Å². The van der Waals surface area contributed by atoms with E-state index in [1.54, 1.807) is 13.2 Å². The van der Waals surface area contributed by atoms with Crippen molar-refractivity contribution in [2.24, 2.45) is 0 Å². The van der Waals surface area contributed by atoms with Crippen LogP contribution in [0.1, 0.15) is 11.3 Å². The third kappa shape index (κ3) is 5.77. The van der Waals surface area contributed by atoms with Gasteiger partial charge in [-0.1, -0.05) is 12.1 Å². The smallest absolute Gasteiger partial charge is 0.227 e. The molecule has 33 heavy (non-hydrogen) atoms. The van der Waals surface area contributed by atoms with Crippen molar-refractivity contribution in [1.29, 1.82) is 0 Å². The third-order valence-corrected chi connectivity index (χ3v) is 7.21. The maximum absolute atomic E-state index is 13.4. The third-order valence-electron chi connectivity index (χ3n) is 5.36. The van der Waals surface area contributed by atoms with E-state index >= 15 is 0 Å². The molecule has 0 unspecified atom stereocenters. The molecule has 1 saturated heterocycles. The number of halogens is 1. The summed E-state index contributed by atoms with van der Waals surface area (Å²) >= 11 is 0. The Balaban J connectivity index is 1.41. The van der Waals surface area contributed by atoms with E-state index in [0.29, 0.717) is 43.5 Å². The fourth-order valence-electron chi connectivity index (χ4n) is 3.68. The molecule has 0 radical (unpaired) electrons. The first kappa shape index (κ1) is 22.9. The van der Waals surface area contributed by atoms with Gasteiger partial charge in [0.15, 0.2) is 0 Å². The van der Waals surface area contributed by atoms with Gasteiger partial charge in [0.2, 0.25) is 16.0 Å². The van der Waals surface area contributed by atoms with Gasteiger partial charge in [-0.2, -0.15) is 9.29 Å². The second kappa shape index (κ2) is 9.72. The first-order chi connectivity index (χ1) is 15.8. The summed E-state index contributed by atoms with van der Waals surface area (Å²) < 4.78 is 45.7. The molecule has 2 heterocycles. The molecule has 0 bridgehead atoms. The molecule has 174 valence electrons. The Bertz CT molecular complexity index is 1210. The maximum atomic E-state index is 13.4. The van der Waals surface area contributed by atoms with E-state index in [9.17, 15) is 12.8 Å². The van der Waals surface area contributed by atoms with Crippen molar-refractivity contribution in [2.45, 2.75) is 12.7 Å². The number of piperazine rings is 1. The first-order valence-corrected chi connectivity index (χ1v) is 12.2. The molecule has 1 aliphatic heterocycles. The van der Waals surface area contributed by atoms with Gasteiger partial charge in [-0.15, -0.1) is 0 Å². The number of aromatic nitrogens is 2. The SMILES string of the molecule is COc1ccc(Nc2cc(C)nc(N3CCN(S(=O)(=O)Cc4cccc(F)c4)CC3)n2)cc1. The summed E-state index contributed by atoms with van der Waals surface area (Å²) in [6.45, 7) is 3.46. The molecule has 1 N–H and O–H groups in total. The average Bonchev–Trinajstić information content (AvgIpc) is 2.79. The molecule has 1 aromatic heterocycles. The van der Waals surface area contributed by atoms with E-state index in [1.165, 1.54) is 22.5 Å². The van der Waals surface area contributed by atoms with Crippen LogP contribution in [0.5, 0.6) is 5.75 Å². The molecule has 0 saturated carbocycles. The molecule has 2 aromatic carbocycles. The van der Waals surface area contributed by atoms with Gasteiger partial charge in [0, 0.05) is 43.6 Å². The van der Waals surface area contributed by atoms with Crippen LogP contribution in [0.15, 0.2) is 54.6 Å². The summed E-state index contributed by atoms with van der Waals surface area (Å²) in [5.41, 5.74) is 2.11. The number of anilines is 3. The summed E-state index contributed by atoms with van der Waals surface area (Å²) in [4.78, 5) is 11.1. The van der Waals surface area contributed by atoms with Gasteiger partial charge in [-0.3, -0.25) is 0 Å². The van der Waals surface area contributed by atoms with Crippen molar-refractivity contribution in [3.8, 4) is 5.75 Å². The Hall–Kier alpha value is -3.24. The van der Waals surface area contributed by atoms with Crippen LogP contribution >= 0.6 is 0 Å². The highest BCUT2D eigenvalue weighted by atomic mass is 32.2. The lowest BCUT2D eigenvalue weighted by atomic mass is 10.2. The average molecular weight is 472 g/mol. The molecular weight excluding hydrogens is 445 g/mol. The summed E-state index contributed by atoms with van der Waals surface area (Å²) in [6.07, 6.45) is 0.